The van der Waals surface area contributed by atoms with Crippen LogP contribution in [0.2, 0.25) is 0 Å². The van der Waals surface area contributed by atoms with Gasteiger partial charge < -0.3 is 4.74 Å². The van der Waals surface area contributed by atoms with Gasteiger partial charge in [0, 0.05) is 6.42 Å². The van der Waals surface area contributed by atoms with E-state index in [-0.39, 0.29) is 5.97 Å². The van der Waals surface area contributed by atoms with E-state index in [1.165, 1.54) is 109 Å². The molecule has 0 heterocycles. The topological polar surface area (TPSA) is 26.3 Å². The Morgan fingerprint density at radius 3 is 1.35 bits per heavy atom. The molecule has 2 nitrogen and oxygen atoms in total. The van der Waals surface area contributed by atoms with Gasteiger partial charge in [0.25, 0.3) is 0 Å². The molecule has 0 aromatic carbocycles. The van der Waals surface area contributed by atoms with E-state index in [1.807, 2.05) is 0 Å². The van der Waals surface area contributed by atoms with Crippen molar-refractivity contribution in [3.63, 3.8) is 0 Å². The van der Waals surface area contributed by atoms with Crippen molar-refractivity contribution in [1.82, 2.24) is 0 Å². The number of ether oxygens (including phenoxy) is 1. The summed E-state index contributed by atoms with van der Waals surface area (Å²) in [6.45, 7) is 4.58. The lowest BCUT2D eigenvalue weighted by Crippen LogP contribution is -1.99. The van der Waals surface area contributed by atoms with E-state index in [0.29, 0.717) is 6.42 Å². The molecular formula is C23H46O2S. The van der Waals surface area contributed by atoms with Crippen LogP contribution in [0.15, 0.2) is 0 Å². The van der Waals surface area contributed by atoms with Crippen LogP contribution in [0.25, 0.3) is 0 Å². The quantitative estimate of drug-likeness (QED) is 0.157. The molecule has 0 atom stereocenters. The van der Waals surface area contributed by atoms with Gasteiger partial charge in [0.15, 0.2) is 0 Å². The third-order valence-corrected chi connectivity index (χ3v) is 6.15. The first-order chi connectivity index (χ1) is 12.7. The Balaban J connectivity index is 3.02. The SMILES string of the molecule is COC(=O)CCCCCCCCCCCCCCCCCCSC(C)C. The third kappa shape index (κ3) is 21.9. The molecule has 0 bridgehead atoms. The number of hydrogen-bond acceptors (Lipinski definition) is 3. The number of thioether (sulfide) groups is 1. The number of hydrogen-bond donors (Lipinski definition) is 0. The van der Waals surface area contributed by atoms with E-state index in [2.05, 4.69) is 30.3 Å². The first-order valence-corrected chi connectivity index (χ1v) is 12.4. The first-order valence-electron chi connectivity index (χ1n) is 11.3. The maximum absolute atomic E-state index is 11.0. The fourth-order valence-corrected chi connectivity index (χ4v) is 4.11. The molecule has 26 heavy (non-hydrogen) atoms. The second-order valence-electron chi connectivity index (χ2n) is 7.90. The van der Waals surface area contributed by atoms with Crippen LogP contribution in [0.1, 0.15) is 123 Å². The summed E-state index contributed by atoms with van der Waals surface area (Å²) in [5.41, 5.74) is 0. The molecule has 0 saturated heterocycles. The molecule has 0 rings (SSSR count). The van der Waals surface area contributed by atoms with Crippen molar-refractivity contribution < 1.29 is 9.53 Å². The Bertz CT molecular complexity index is 292. The summed E-state index contributed by atoms with van der Waals surface area (Å²) in [6.07, 6.45) is 22.5. The van der Waals surface area contributed by atoms with Gasteiger partial charge in [0.2, 0.25) is 0 Å². The minimum atomic E-state index is -0.0641. The van der Waals surface area contributed by atoms with Gasteiger partial charge in [-0.15, -0.1) is 0 Å². The zero-order valence-electron chi connectivity index (χ0n) is 18.0. The predicted molar refractivity (Wildman–Crippen MR) is 118 cm³/mol. The van der Waals surface area contributed by atoms with Gasteiger partial charge in [-0.1, -0.05) is 104 Å². The number of carbonyl (C=O) groups is 1. The summed E-state index contributed by atoms with van der Waals surface area (Å²) in [5.74, 6) is 1.29. The summed E-state index contributed by atoms with van der Waals surface area (Å²) in [4.78, 5) is 11.0. The van der Waals surface area contributed by atoms with Gasteiger partial charge in [-0.05, 0) is 23.8 Å². The molecule has 0 aromatic rings. The highest BCUT2D eigenvalue weighted by molar-refractivity contribution is 7.99. The highest BCUT2D eigenvalue weighted by Crippen LogP contribution is 2.16. The highest BCUT2D eigenvalue weighted by Gasteiger charge is 1.99. The average molecular weight is 387 g/mol. The van der Waals surface area contributed by atoms with Crippen molar-refractivity contribution in [2.24, 2.45) is 0 Å². The Kier molecular flexibility index (Phi) is 21.0. The first kappa shape index (κ1) is 25.8. The van der Waals surface area contributed by atoms with Gasteiger partial charge in [0.05, 0.1) is 7.11 Å². The molecule has 0 amide bonds. The molecule has 0 aliphatic rings. The lowest BCUT2D eigenvalue weighted by atomic mass is 10.0. The van der Waals surface area contributed by atoms with E-state index >= 15 is 0 Å². The van der Waals surface area contributed by atoms with Gasteiger partial charge in [0.1, 0.15) is 0 Å². The fourth-order valence-electron chi connectivity index (χ4n) is 3.27. The lowest BCUT2D eigenvalue weighted by molar-refractivity contribution is -0.140. The maximum Gasteiger partial charge on any atom is 0.305 e. The van der Waals surface area contributed by atoms with Crippen molar-refractivity contribution >= 4 is 17.7 Å². The fraction of sp³-hybridized carbons (Fsp3) is 0.957. The molecule has 0 aromatic heterocycles. The molecule has 0 fully saturated rings. The average Bonchev–Trinajstić information content (AvgIpc) is 2.63. The van der Waals surface area contributed by atoms with Crippen molar-refractivity contribution in [3.8, 4) is 0 Å². The van der Waals surface area contributed by atoms with E-state index < -0.39 is 0 Å². The molecule has 156 valence electrons. The Labute approximate surface area is 168 Å². The molecule has 0 saturated carbocycles. The number of methoxy groups -OCH3 is 1. The van der Waals surface area contributed by atoms with Crippen LogP contribution >= 0.6 is 11.8 Å². The largest absolute Gasteiger partial charge is 0.469 e. The number of unbranched alkanes of at least 4 members (excludes halogenated alkanes) is 15. The van der Waals surface area contributed by atoms with Gasteiger partial charge in [-0.3, -0.25) is 4.79 Å². The summed E-state index contributed by atoms with van der Waals surface area (Å²) >= 11 is 2.10. The van der Waals surface area contributed by atoms with Gasteiger partial charge in [-0.25, -0.2) is 0 Å². The Hall–Kier alpha value is -0.180. The Morgan fingerprint density at radius 1 is 0.654 bits per heavy atom. The van der Waals surface area contributed by atoms with Crippen LogP contribution < -0.4 is 0 Å². The van der Waals surface area contributed by atoms with Crippen LogP contribution in [-0.2, 0) is 9.53 Å². The second-order valence-corrected chi connectivity index (χ2v) is 9.59. The van der Waals surface area contributed by atoms with Gasteiger partial charge >= 0.3 is 5.97 Å². The zero-order chi connectivity index (χ0) is 19.3. The monoisotopic (exact) mass is 386 g/mol. The Morgan fingerprint density at radius 2 is 1.00 bits per heavy atom. The molecular weight excluding hydrogens is 340 g/mol. The minimum Gasteiger partial charge on any atom is -0.469 e. The standard InChI is InChI=1S/C23H46O2S/c1-22(2)26-21-19-17-15-13-11-9-7-5-4-6-8-10-12-14-16-18-20-23(24)25-3/h22H,4-21H2,1-3H3. The van der Waals surface area contributed by atoms with E-state index in [0.717, 1.165) is 11.7 Å². The number of carbonyl (C=O) groups excluding carboxylic acids is 1. The van der Waals surface area contributed by atoms with Crippen molar-refractivity contribution in [3.05, 3.63) is 0 Å². The smallest absolute Gasteiger partial charge is 0.305 e. The summed E-state index contributed by atoms with van der Waals surface area (Å²) in [5, 5.41) is 0.799. The molecule has 3 heteroatoms. The molecule has 0 N–H and O–H groups in total. The van der Waals surface area contributed by atoms with E-state index in [4.69, 9.17) is 0 Å². The maximum atomic E-state index is 11.0. The second kappa shape index (κ2) is 21.1. The van der Waals surface area contributed by atoms with Crippen molar-refractivity contribution in [2.75, 3.05) is 12.9 Å². The molecule has 0 unspecified atom stereocenters. The predicted octanol–water partition coefficient (Wildman–Crippen LogP) is 7.93. The number of rotatable bonds is 20. The minimum absolute atomic E-state index is 0.0641. The molecule has 0 aliphatic carbocycles. The summed E-state index contributed by atoms with van der Waals surface area (Å²) in [6, 6.07) is 0. The van der Waals surface area contributed by atoms with Crippen LogP contribution in [0, 0.1) is 0 Å². The van der Waals surface area contributed by atoms with Crippen LogP contribution in [-0.4, -0.2) is 24.1 Å². The zero-order valence-corrected chi connectivity index (χ0v) is 18.8. The third-order valence-electron chi connectivity index (χ3n) is 4.95. The molecule has 0 radical (unpaired) electrons. The summed E-state index contributed by atoms with van der Waals surface area (Å²) < 4.78 is 4.65. The normalized spacial score (nSPS) is 11.2. The van der Waals surface area contributed by atoms with Crippen LogP contribution in [0.4, 0.5) is 0 Å². The lowest BCUT2D eigenvalue weighted by Gasteiger charge is -2.05. The van der Waals surface area contributed by atoms with Crippen molar-refractivity contribution in [1.29, 1.82) is 0 Å². The van der Waals surface area contributed by atoms with Crippen LogP contribution in [0.3, 0.4) is 0 Å². The summed E-state index contributed by atoms with van der Waals surface area (Å²) in [7, 11) is 1.47. The highest BCUT2D eigenvalue weighted by atomic mass is 32.2. The van der Waals surface area contributed by atoms with Crippen molar-refractivity contribution in [2.45, 2.75) is 128 Å². The van der Waals surface area contributed by atoms with E-state index in [1.54, 1.807) is 0 Å². The van der Waals surface area contributed by atoms with Crippen LogP contribution in [0.5, 0.6) is 0 Å². The van der Waals surface area contributed by atoms with E-state index in [9.17, 15) is 4.79 Å². The number of esters is 1. The van der Waals surface area contributed by atoms with Gasteiger partial charge in [-0.2, -0.15) is 11.8 Å². The molecule has 0 spiro atoms. The molecule has 0 aliphatic heterocycles.